The molecule has 1 aromatic carbocycles. The predicted molar refractivity (Wildman–Crippen MR) is 63.5 cm³/mol. The van der Waals surface area contributed by atoms with Crippen LogP contribution in [-0.4, -0.2) is 18.3 Å². The molecule has 0 spiro atoms. The lowest BCUT2D eigenvalue weighted by Crippen LogP contribution is -1.84. The van der Waals surface area contributed by atoms with Crippen LogP contribution < -0.4 is 5.32 Å². The Morgan fingerprint density at radius 1 is 1.33 bits per heavy atom. The van der Waals surface area contributed by atoms with Gasteiger partial charge in [0.05, 0.1) is 0 Å². The van der Waals surface area contributed by atoms with E-state index in [9.17, 15) is 4.79 Å². The van der Waals surface area contributed by atoms with Crippen molar-refractivity contribution in [3.05, 3.63) is 46.9 Å². The number of thiazole rings is 1. The second-order valence-electron chi connectivity index (χ2n) is 2.60. The number of para-hydroxylation sites is 1. The Morgan fingerprint density at radius 3 is 2.40 bits per heavy atom. The molecule has 15 heavy (non-hydrogen) atoms. The molecule has 1 aromatic heterocycles. The highest BCUT2D eigenvalue weighted by Crippen LogP contribution is 2.01. The van der Waals surface area contributed by atoms with Crippen LogP contribution in [-0.2, 0) is 0 Å². The summed E-state index contributed by atoms with van der Waals surface area (Å²) in [5.41, 5.74) is 1.16. The zero-order valence-electron chi connectivity index (χ0n) is 8.38. The third-order valence-corrected chi connectivity index (χ3v) is 2.32. The maximum Gasteiger partial charge on any atom is 0.178 e. The van der Waals surface area contributed by atoms with E-state index in [4.69, 9.17) is 0 Å². The summed E-state index contributed by atoms with van der Waals surface area (Å²) < 4.78 is 0. The van der Waals surface area contributed by atoms with Crippen LogP contribution in [0.2, 0.25) is 0 Å². The van der Waals surface area contributed by atoms with Gasteiger partial charge in [0.15, 0.2) is 11.3 Å². The molecule has 0 saturated carbocycles. The molecule has 1 heterocycles. The number of carbonyl (C=O) groups excluding carboxylic acids is 1. The number of hydrogen-bond acceptors (Lipinski definition) is 4. The van der Waals surface area contributed by atoms with Crippen molar-refractivity contribution in [2.45, 2.75) is 0 Å². The van der Waals surface area contributed by atoms with Gasteiger partial charge in [0, 0.05) is 24.3 Å². The number of hydrogen-bond donors (Lipinski definition) is 1. The first-order chi connectivity index (χ1) is 7.36. The second-order valence-corrected chi connectivity index (χ2v) is 3.53. The molecular weight excluding hydrogens is 208 g/mol. The number of benzene rings is 1. The lowest BCUT2D eigenvalue weighted by Gasteiger charge is -1.94. The van der Waals surface area contributed by atoms with Gasteiger partial charge in [0.25, 0.3) is 0 Å². The van der Waals surface area contributed by atoms with E-state index < -0.39 is 0 Å². The fraction of sp³-hybridized carbons (Fsp3) is 0.0909. The maximum absolute atomic E-state index is 9.82. The molecule has 3 nitrogen and oxygen atoms in total. The smallest absolute Gasteiger partial charge is 0.178 e. The highest BCUT2D eigenvalue weighted by molar-refractivity contribution is 7.11. The second kappa shape index (κ2) is 6.73. The number of aromatic nitrogens is 1. The number of nitrogens with one attached hydrogen (secondary N) is 1. The fourth-order valence-corrected chi connectivity index (χ4v) is 1.34. The normalized spacial score (nSPS) is 8.60. The zero-order valence-corrected chi connectivity index (χ0v) is 9.20. The van der Waals surface area contributed by atoms with E-state index in [-0.39, 0.29) is 0 Å². The van der Waals surface area contributed by atoms with Gasteiger partial charge in [-0.1, -0.05) is 18.2 Å². The first-order valence-electron chi connectivity index (χ1n) is 4.44. The van der Waals surface area contributed by atoms with Gasteiger partial charge in [-0.2, -0.15) is 0 Å². The van der Waals surface area contributed by atoms with Crippen LogP contribution in [0.3, 0.4) is 0 Å². The van der Waals surface area contributed by atoms with E-state index in [1.807, 2.05) is 37.4 Å². The van der Waals surface area contributed by atoms with Crippen molar-refractivity contribution in [3.63, 3.8) is 0 Å². The minimum absolute atomic E-state index is 0.542. The number of anilines is 1. The monoisotopic (exact) mass is 220 g/mol. The molecule has 4 heteroatoms. The summed E-state index contributed by atoms with van der Waals surface area (Å²) in [6.45, 7) is 0. The van der Waals surface area contributed by atoms with Gasteiger partial charge in [0.1, 0.15) is 0 Å². The topological polar surface area (TPSA) is 42.0 Å². The van der Waals surface area contributed by atoms with Crippen LogP contribution in [0, 0.1) is 0 Å². The quantitative estimate of drug-likeness (QED) is 0.791. The molecule has 0 amide bonds. The third kappa shape index (κ3) is 4.37. The van der Waals surface area contributed by atoms with Crippen molar-refractivity contribution < 1.29 is 4.79 Å². The molecule has 0 fully saturated rings. The van der Waals surface area contributed by atoms with E-state index >= 15 is 0 Å². The highest BCUT2D eigenvalue weighted by atomic mass is 32.1. The summed E-state index contributed by atoms with van der Waals surface area (Å²) in [4.78, 5) is 13.5. The molecule has 0 saturated heterocycles. The van der Waals surface area contributed by atoms with Crippen molar-refractivity contribution in [1.29, 1.82) is 0 Å². The third-order valence-electron chi connectivity index (χ3n) is 1.61. The Kier molecular flexibility index (Phi) is 5.11. The van der Waals surface area contributed by atoms with E-state index in [2.05, 4.69) is 10.3 Å². The number of carbonyl (C=O) groups is 1. The lowest BCUT2D eigenvalue weighted by molar-refractivity contribution is 0.112. The van der Waals surface area contributed by atoms with Crippen LogP contribution in [0.25, 0.3) is 0 Å². The first-order valence-corrected chi connectivity index (χ1v) is 5.32. The molecule has 0 aliphatic carbocycles. The molecule has 1 N–H and O–H groups in total. The van der Waals surface area contributed by atoms with Crippen molar-refractivity contribution in [2.75, 3.05) is 12.4 Å². The zero-order chi connectivity index (χ0) is 10.9. The Labute approximate surface area is 92.8 Å². The summed E-state index contributed by atoms with van der Waals surface area (Å²) in [5.74, 6) is 0. The minimum Gasteiger partial charge on any atom is -0.388 e. The Balaban J connectivity index is 0.000000151. The van der Waals surface area contributed by atoms with Crippen LogP contribution in [0.1, 0.15) is 9.80 Å². The fourth-order valence-electron chi connectivity index (χ4n) is 0.897. The molecule has 0 atom stereocenters. The molecule has 2 rings (SSSR count). The van der Waals surface area contributed by atoms with Crippen molar-refractivity contribution in [2.24, 2.45) is 0 Å². The molecular formula is C11H12N2OS. The van der Waals surface area contributed by atoms with Crippen LogP contribution in [0.5, 0.6) is 0 Å². The molecule has 0 aliphatic heterocycles. The van der Waals surface area contributed by atoms with Gasteiger partial charge in [0.2, 0.25) is 0 Å². The molecule has 0 unspecified atom stereocenters. The maximum atomic E-state index is 9.82. The van der Waals surface area contributed by atoms with E-state index in [0.29, 0.717) is 5.01 Å². The molecule has 0 aliphatic rings. The standard InChI is InChI=1S/C7H9N.C4H3NOS/c1-8-7-5-3-2-4-6-7;6-3-4-5-1-2-7-4/h2-6,8H,1H3;1-3H. The van der Waals surface area contributed by atoms with Crippen molar-refractivity contribution in [1.82, 2.24) is 4.98 Å². The number of nitrogens with zero attached hydrogens (tertiary/aromatic N) is 1. The SMILES string of the molecule is CNc1ccccc1.O=Cc1nccs1. The first kappa shape index (κ1) is 11.4. The van der Waals surface area contributed by atoms with E-state index in [1.54, 1.807) is 11.6 Å². The van der Waals surface area contributed by atoms with Gasteiger partial charge >= 0.3 is 0 Å². The van der Waals surface area contributed by atoms with Crippen LogP contribution in [0.15, 0.2) is 41.9 Å². The van der Waals surface area contributed by atoms with Crippen molar-refractivity contribution >= 4 is 23.3 Å². The summed E-state index contributed by atoms with van der Waals surface area (Å²) in [7, 11) is 1.91. The van der Waals surface area contributed by atoms with E-state index in [0.717, 1.165) is 12.0 Å². The largest absolute Gasteiger partial charge is 0.388 e. The number of rotatable bonds is 2. The predicted octanol–water partition coefficient (Wildman–Crippen LogP) is 2.68. The summed E-state index contributed by atoms with van der Waals surface area (Å²) in [6, 6.07) is 10.1. The minimum atomic E-state index is 0.542. The Morgan fingerprint density at radius 2 is 2.07 bits per heavy atom. The van der Waals surface area contributed by atoms with Crippen LogP contribution in [0.4, 0.5) is 5.69 Å². The molecule has 0 bridgehead atoms. The van der Waals surface area contributed by atoms with Gasteiger partial charge in [-0.25, -0.2) is 4.98 Å². The Hall–Kier alpha value is -1.68. The molecule has 2 aromatic rings. The molecule has 78 valence electrons. The van der Waals surface area contributed by atoms with Gasteiger partial charge in [-0.05, 0) is 12.1 Å². The summed E-state index contributed by atoms with van der Waals surface area (Å²) in [5, 5.41) is 5.34. The highest BCUT2D eigenvalue weighted by Gasteiger charge is 1.84. The number of aldehydes is 1. The average molecular weight is 220 g/mol. The van der Waals surface area contributed by atoms with Crippen LogP contribution >= 0.6 is 11.3 Å². The van der Waals surface area contributed by atoms with Gasteiger partial charge in [-0.15, -0.1) is 11.3 Å². The lowest BCUT2D eigenvalue weighted by atomic mass is 10.3. The van der Waals surface area contributed by atoms with E-state index in [1.165, 1.54) is 11.3 Å². The molecule has 0 radical (unpaired) electrons. The Bertz CT molecular complexity index is 373. The van der Waals surface area contributed by atoms with Gasteiger partial charge < -0.3 is 5.32 Å². The van der Waals surface area contributed by atoms with Crippen molar-refractivity contribution in [3.8, 4) is 0 Å². The summed E-state index contributed by atoms with van der Waals surface area (Å²) in [6.07, 6.45) is 2.35. The summed E-state index contributed by atoms with van der Waals surface area (Å²) >= 11 is 1.34. The average Bonchev–Trinajstić information content (AvgIpc) is 2.84. The van der Waals surface area contributed by atoms with Gasteiger partial charge in [-0.3, -0.25) is 4.79 Å².